The summed E-state index contributed by atoms with van der Waals surface area (Å²) < 4.78 is 1.87. The Labute approximate surface area is 103 Å². The average Bonchev–Trinajstić information content (AvgIpc) is 2.69. The Morgan fingerprint density at radius 1 is 1.06 bits per heavy atom. The average molecular weight is 240 g/mol. The molecule has 90 valence electrons. The van der Waals surface area contributed by atoms with Crippen LogP contribution in [0.1, 0.15) is 0 Å². The van der Waals surface area contributed by atoms with Crippen molar-refractivity contribution in [3.63, 3.8) is 0 Å². The maximum absolute atomic E-state index is 5.68. The van der Waals surface area contributed by atoms with E-state index in [4.69, 9.17) is 11.5 Å². The minimum atomic E-state index is 0.386. The van der Waals surface area contributed by atoms with E-state index in [1.165, 1.54) is 0 Å². The van der Waals surface area contributed by atoms with Crippen LogP contribution in [0.15, 0.2) is 30.6 Å². The number of aryl methyl sites for hydroxylation is 1. The summed E-state index contributed by atoms with van der Waals surface area (Å²) in [6, 6.07) is 7.32. The van der Waals surface area contributed by atoms with Gasteiger partial charge in [0.15, 0.2) is 5.65 Å². The van der Waals surface area contributed by atoms with Crippen LogP contribution < -0.4 is 11.5 Å². The van der Waals surface area contributed by atoms with Crippen LogP contribution in [0.3, 0.4) is 0 Å². The zero-order valence-electron chi connectivity index (χ0n) is 9.83. The highest BCUT2D eigenvalue weighted by molar-refractivity contribution is 5.76. The number of imidazole rings is 1. The summed E-state index contributed by atoms with van der Waals surface area (Å²) in [5, 5.41) is 0. The molecule has 0 unspecified atom stereocenters. The van der Waals surface area contributed by atoms with E-state index in [2.05, 4.69) is 15.0 Å². The molecular weight excluding hydrogens is 228 g/mol. The molecule has 18 heavy (non-hydrogen) atoms. The number of aromatic nitrogens is 4. The molecule has 0 amide bonds. The maximum Gasteiger partial charge on any atom is 0.160 e. The molecule has 0 aromatic carbocycles. The van der Waals surface area contributed by atoms with E-state index in [9.17, 15) is 0 Å². The molecular formula is C12H12N6. The van der Waals surface area contributed by atoms with E-state index in [0.29, 0.717) is 11.6 Å². The molecule has 0 aliphatic carbocycles. The second-order valence-corrected chi connectivity index (χ2v) is 4.10. The minimum Gasteiger partial charge on any atom is -0.384 e. The molecule has 3 heterocycles. The van der Waals surface area contributed by atoms with Crippen LogP contribution in [0.4, 0.5) is 11.6 Å². The van der Waals surface area contributed by atoms with Crippen molar-refractivity contribution in [2.45, 2.75) is 0 Å². The van der Waals surface area contributed by atoms with E-state index in [1.807, 2.05) is 23.7 Å². The molecule has 3 rings (SSSR count). The summed E-state index contributed by atoms with van der Waals surface area (Å²) in [6.45, 7) is 0. The molecule has 4 N–H and O–H groups in total. The molecule has 3 aromatic rings. The van der Waals surface area contributed by atoms with Crippen molar-refractivity contribution in [2.75, 3.05) is 11.5 Å². The van der Waals surface area contributed by atoms with Gasteiger partial charge in [-0.25, -0.2) is 15.0 Å². The topological polar surface area (TPSA) is 95.6 Å². The molecule has 0 atom stereocenters. The highest BCUT2D eigenvalue weighted by Crippen LogP contribution is 2.22. The molecule has 0 bridgehead atoms. The van der Waals surface area contributed by atoms with Crippen LogP contribution >= 0.6 is 0 Å². The fourth-order valence-corrected chi connectivity index (χ4v) is 1.89. The van der Waals surface area contributed by atoms with Crippen LogP contribution in [-0.4, -0.2) is 19.5 Å². The normalized spacial score (nSPS) is 10.9. The third kappa shape index (κ3) is 1.64. The van der Waals surface area contributed by atoms with E-state index in [1.54, 1.807) is 18.5 Å². The molecule has 0 aliphatic rings. The number of nitrogens with two attached hydrogens (primary N) is 2. The molecule has 0 aliphatic heterocycles. The van der Waals surface area contributed by atoms with E-state index in [-0.39, 0.29) is 0 Å². The molecule has 6 heteroatoms. The van der Waals surface area contributed by atoms with Gasteiger partial charge in [-0.1, -0.05) is 0 Å². The van der Waals surface area contributed by atoms with Crippen molar-refractivity contribution in [1.82, 2.24) is 19.5 Å². The number of hydrogen-bond donors (Lipinski definition) is 2. The predicted octanol–water partition coefficient (Wildman–Crippen LogP) is 1.19. The number of nitrogen functional groups attached to an aromatic ring is 2. The summed E-state index contributed by atoms with van der Waals surface area (Å²) in [6.07, 6.45) is 1.73. The van der Waals surface area contributed by atoms with Gasteiger partial charge in [0.1, 0.15) is 17.2 Å². The summed E-state index contributed by atoms with van der Waals surface area (Å²) in [7, 11) is 1.90. The third-order valence-corrected chi connectivity index (χ3v) is 2.72. The van der Waals surface area contributed by atoms with Gasteiger partial charge in [-0.3, -0.25) is 0 Å². The van der Waals surface area contributed by atoms with Gasteiger partial charge in [0.25, 0.3) is 0 Å². The van der Waals surface area contributed by atoms with Crippen LogP contribution in [0, 0.1) is 0 Å². The summed E-state index contributed by atoms with van der Waals surface area (Å²) >= 11 is 0. The highest BCUT2D eigenvalue weighted by atomic mass is 15.1. The second-order valence-electron chi connectivity index (χ2n) is 4.10. The first kappa shape index (κ1) is 10.5. The van der Waals surface area contributed by atoms with Crippen molar-refractivity contribution in [3.8, 4) is 11.3 Å². The molecule has 6 nitrogen and oxygen atoms in total. The quantitative estimate of drug-likeness (QED) is 0.666. The smallest absolute Gasteiger partial charge is 0.160 e. The number of hydrogen-bond acceptors (Lipinski definition) is 5. The van der Waals surface area contributed by atoms with Crippen molar-refractivity contribution < 1.29 is 0 Å². The number of fused-ring (bicyclic) bond motifs is 1. The van der Waals surface area contributed by atoms with E-state index in [0.717, 1.165) is 22.4 Å². The van der Waals surface area contributed by atoms with Crippen molar-refractivity contribution >= 4 is 22.8 Å². The first-order chi connectivity index (χ1) is 8.63. The van der Waals surface area contributed by atoms with Crippen LogP contribution in [-0.2, 0) is 7.05 Å². The molecule has 0 spiro atoms. The van der Waals surface area contributed by atoms with Gasteiger partial charge in [-0.05, 0) is 24.3 Å². The van der Waals surface area contributed by atoms with Gasteiger partial charge >= 0.3 is 0 Å². The second kappa shape index (κ2) is 3.69. The lowest BCUT2D eigenvalue weighted by Crippen LogP contribution is -1.97. The molecule has 0 saturated carbocycles. The van der Waals surface area contributed by atoms with Crippen LogP contribution in [0.5, 0.6) is 0 Å². The van der Waals surface area contributed by atoms with Gasteiger partial charge in [0.05, 0.1) is 12.0 Å². The lowest BCUT2D eigenvalue weighted by Gasteiger charge is -2.04. The third-order valence-electron chi connectivity index (χ3n) is 2.72. The monoisotopic (exact) mass is 240 g/mol. The number of anilines is 2. The Hall–Kier alpha value is -2.63. The Kier molecular flexibility index (Phi) is 2.16. The standard InChI is InChI=1S/C12H12N6/c1-18-6-15-9-3-2-8(16-12(9)18)7-4-10(13)17-11(14)5-7/h2-6H,1H3,(H4,13,14,17). The number of rotatable bonds is 1. The Morgan fingerprint density at radius 3 is 2.50 bits per heavy atom. The molecule has 0 fully saturated rings. The van der Waals surface area contributed by atoms with E-state index >= 15 is 0 Å². The first-order valence-electron chi connectivity index (χ1n) is 5.45. The number of pyridine rings is 2. The van der Waals surface area contributed by atoms with Crippen molar-refractivity contribution in [3.05, 3.63) is 30.6 Å². The van der Waals surface area contributed by atoms with Gasteiger partial charge < -0.3 is 16.0 Å². The Balaban J connectivity index is 2.21. The zero-order valence-corrected chi connectivity index (χ0v) is 9.83. The zero-order chi connectivity index (χ0) is 12.7. The van der Waals surface area contributed by atoms with Crippen LogP contribution in [0.25, 0.3) is 22.4 Å². The Bertz CT molecular complexity index is 710. The van der Waals surface area contributed by atoms with Crippen molar-refractivity contribution in [2.24, 2.45) is 7.05 Å². The lowest BCUT2D eigenvalue weighted by molar-refractivity contribution is 0.931. The van der Waals surface area contributed by atoms with Gasteiger partial charge in [0, 0.05) is 12.6 Å². The summed E-state index contributed by atoms with van der Waals surface area (Å²) in [5.41, 5.74) is 14.7. The molecule has 0 radical (unpaired) electrons. The predicted molar refractivity (Wildman–Crippen MR) is 70.6 cm³/mol. The SMILES string of the molecule is Cn1cnc2ccc(-c3cc(N)nc(N)c3)nc21. The summed E-state index contributed by atoms with van der Waals surface area (Å²) in [5.74, 6) is 0.772. The van der Waals surface area contributed by atoms with Gasteiger partial charge in [-0.15, -0.1) is 0 Å². The summed E-state index contributed by atoms with van der Waals surface area (Å²) in [4.78, 5) is 12.7. The maximum atomic E-state index is 5.68. The van der Waals surface area contributed by atoms with Gasteiger partial charge in [0.2, 0.25) is 0 Å². The van der Waals surface area contributed by atoms with Gasteiger partial charge in [-0.2, -0.15) is 0 Å². The minimum absolute atomic E-state index is 0.386. The highest BCUT2D eigenvalue weighted by Gasteiger charge is 2.06. The van der Waals surface area contributed by atoms with Crippen LogP contribution in [0.2, 0.25) is 0 Å². The fraction of sp³-hybridized carbons (Fsp3) is 0.0833. The molecule has 0 saturated heterocycles. The van der Waals surface area contributed by atoms with E-state index < -0.39 is 0 Å². The Morgan fingerprint density at radius 2 is 1.78 bits per heavy atom. The fourth-order valence-electron chi connectivity index (χ4n) is 1.89. The molecule has 3 aromatic heterocycles. The lowest BCUT2D eigenvalue weighted by atomic mass is 10.1. The largest absolute Gasteiger partial charge is 0.384 e. The first-order valence-corrected chi connectivity index (χ1v) is 5.45. The van der Waals surface area contributed by atoms with Crippen molar-refractivity contribution in [1.29, 1.82) is 0 Å². The number of nitrogens with zero attached hydrogens (tertiary/aromatic N) is 4.